The molecule has 0 heterocycles. The highest BCUT2D eigenvalue weighted by Gasteiger charge is 2.41. The van der Waals surface area contributed by atoms with Crippen molar-refractivity contribution in [3.63, 3.8) is 0 Å². The molecular weight excluding hydrogens is 373 g/mol. The smallest absolute Gasteiger partial charge is 0.327 e. The molecule has 0 amide bonds. The summed E-state index contributed by atoms with van der Waals surface area (Å²) in [7, 11) is -5.29. The Kier molecular flexibility index (Phi) is 5.55. The first kappa shape index (κ1) is 21.3. The highest BCUT2D eigenvalue weighted by Crippen LogP contribution is 2.27. The Bertz CT molecular complexity index is 786. The van der Waals surface area contributed by atoms with Crippen LogP contribution in [0.3, 0.4) is 0 Å². The topological polar surface area (TPSA) is 72.5 Å². The Balaban J connectivity index is 3.39. The summed E-state index contributed by atoms with van der Waals surface area (Å²) in [5.41, 5.74) is -3.06. The average Bonchev–Trinajstić information content (AvgIpc) is 2.39. The summed E-state index contributed by atoms with van der Waals surface area (Å²) in [6.45, 7) is 6.47. The van der Waals surface area contributed by atoms with Gasteiger partial charge in [0.1, 0.15) is 11.1 Å². The number of sulfonamides is 1. The van der Waals surface area contributed by atoms with Crippen molar-refractivity contribution in [1.82, 2.24) is 4.72 Å². The van der Waals surface area contributed by atoms with Crippen molar-refractivity contribution >= 4 is 16.0 Å². The van der Waals surface area contributed by atoms with Gasteiger partial charge >= 0.3 is 5.97 Å². The molecule has 1 N–H and O–H groups in total. The normalized spacial score (nSPS) is 13.0. The molecule has 0 aromatic heterocycles. The van der Waals surface area contributed by atoms with E-state index in [4.69, 9.17) is 4.74 Å². The number of hydrogen-bond donors (Lipinski definition) is 1. The van der Waals surface area contributed by atoms with Gasteiger partial charge in [-0.2, -0.15) is 4.72 Å². The minimum atomic E-state index is -5.29. The van der Waals surface area contributed by atoms with E-state index < -0.39 is 61.1 Å². The SMILES string of the molecule is CC(C)(C)OC(=O)C(C)(C)NS(=O)(=O)c1c(F)c(F)c(F)c(F)c1F. The van der Waals surface area contributed by atoms with Crippen LogP contribution in [0.5, 0.6) is 0 Å². The third kappa shape index (κ3) is 4.46. The molecule has 0 fully saturated rings. The Labute approximate surface area is 141 Å². The fraction of sp³-hybridized carbons (Fsp3) is 0.500. The van der Waals surface area contributed by atoms with Crippen LogP contribution in [0.25, 0.3) is 0 Å². The molecule has 0 saturated heterocycles. The second-order valence-corrected chi connectivity index (χ2v) is 8.25. The van der Waals surface area contributed by atoms with Crippen molar-refractivity contribution in [3.8, 4) is 0 Å². The standard InChI is InChI=1S/C14H16F5NO4S/c1-13(2,3)24-12(21)14(4,5)20-25(22,23)11-9(18)7(16)6(15)8(17)10(11)19/h20H,1-5H3. The Hall–Kier alpha value is -1.75. The van der Waals surface area contributed by atoms with Crippen LogP contribution in [0.4, 0.5) is 22.0 Å². The average molecular weight is 389 g/mol. The molecule has 0 aliphatic rings. The zero-order chi connectivity index (χ0) is 20.0. The van der Waals surface area contributed by atoms with Crippen LogP contribution in [0.2, 0.25) is 0 Å². The maximum Gasteiger partial charge on any atom is 0.327 e. The summed E-state index contributed by atoms with van der Waals surface area (Å²) in [5, 5.41) is 0. The van der Waals surface area contributed by atoms with E-state index in [-0.39, 0.29) is 0 Å². The maximum atomic E-state index is 13.7. The molecule has 0 radical (unpaired) electrons. The molecule has 0 aliphatic heterocycles. The first-order valence-corrected chi connectivity index (χ1v) is 8.28. The molecule has 1 rings (SSSR count). The molecule has 1 aromatic carbocycles. The lowest BCUT2D eigenvalue weighted by atomic mass is 10.1. The molecule has 0 unspecified atom stereocenters. The van der Waals surface area contributed by atoms with Gasteiger partial charge in [-0.1, -0.05) is 0 Å². The molecule has 0 aliphatic carbocycles. The number of nitrogens with one attached hydrogen (secondary N) is 1. The van der Waals surface area contributed by atoms with Crippen molar-refractivity contribution in [3.05, 3.63) is 29.1 Å². The number of rotatable bonds is 4. The quantitative estimate of drug-likeness (QED) is 0.372. The predicted octanol–water partition coefficient (Wildman–Crippen LogP) is 2.78. The molecular formula is C14H16F5NO4S. The summed E-state index contributed by atoms with van der Waals surface area (Å²) in [5.74, 6) is -13.5. The summed E-state index contributed by atoms with van der Waals surface area (Å²) >= 11 is 0. The first-order valence-electron chi connectivity index (χ1n) is 6.80. The lowest BCUT2D eigenvalue weighted by Gasteiger charge is -2.29. The highest BCUT2D eigenvalue weighted by molar-refractivity contribution is 7.89. The van der Waals surface area contributed by atoms with Crippen LogP contribution < -0.4 is 4.72 Å². The second kappa shape index (κ2) is 6.52. The van der Waals surface area contributed by atoms with E-state index in [2.05, 4.69) is 0 Å². The van der Waals surface area contributed by atoms with Gasteiger partial charge in [-0.05, 0) is 34.6 Å². The van der Waals surface area contributed by atoms with E-state index in [1.54, 1.807) is 4.72 Å². The molecule has 0 bridgehead atoms. The predicted molar refractivity (Wildman–Crippen MR) is 76.5 cm³/mol. The largest absolute Gasteiger partial charge is 0.459 e. The van der Waals surface area contributed by atoms with Gasteiger partial charge in [0.05, 0.1) is 0 Å². The minimum absolute atomic E-state index is 1.00. The zero-order valence-corrected chi connectivity index (χ0v) is 14.7. The number of carbonyl (C=O) groups is 1. The third-order valence-corrected chi connectivity index (χ3v) is 4.41. The van der Waals surface area contributed by atoms with Crippen molar-refractivity contribution in [1.29, 1.82) is 0 Å². The molecule has 1 aromatic rings. The van der Waals surface area contributed by atoms with Crippen LogP contribution in [-0.2, 0) is 19.6 Å². The number of halogens is 5. The van der Waals surface area contributed by atoms with Gasteiger partial charge in [0.15, 0.2) is 28.2 Å². The Morgan fingerprint density at radius 1 is 0.840 bits per heavy atom. The molecule has 0 atom stereocenters. The van der Waals surface area contributed by atoms with Crippen LogP contribution in [0, 0.1) is 29.1 Å². The van der Waals surface area contributed by atoms with Gasteiger partial charge in [0, 0.05) is 0 Å². The molecule has 25 heavy (non-hydrogen) atoms. The van der Waals surface area contributed by atoms with Crippen LogP contribution in [0.1, 0.15) is 34.6 Å². The molecule has 142 valence electrons. The van der Waals surface area contributed by atoms with E-state index in [9.17, 15) is 35.2 Å². The Morgan fingerprint density at radius 3 is 1.56 bits per heavy atom. The number of benzene rings is 1. The summed E-state index contributed by atoms with van der Waals surface area (Å²) in [6.07, 6.45) is 0. The number of hydrogen-bond acceptors (Lipinski definition) is 4. The van der Waals surface area contributed by atoms with Gasteiger partial charge in [0.25, 0.3) is 0 Å². The molecule has 0 saturated carbocycles. The molecule has 5 nitrogen and oxygen atoms in total. The van der Waals surface area contributed by atoms with Crippen molar-refractivity contribution in [2.75, 3.05) is 0 Å². The van der Waals surface area contributed by atoms with Gasteiger partial charge in [-0.3, -0.25) is 4.79 Å². The monoisotopic (exact) mass is 389 g/mol. The molecule has 0 spiro atoms. The lowest BCUT2D eigenvalue weighted by molar-refractivity contribution is -0.160. The first-order chi connectivity index (χ1) is 11.0. The third-order valence-electron chi connectivity index (χ3n) is 2.74. The second-order valence-electron chi connectivity index (χ2n) is 6.63. The van der Waals surface area contributed by atoms with E-state index >= 15 is 0 Å². The van der Waals surface area contributed by atoms with E-state index in [1.807, 2.05) is 0 Å². The lowest BCUT2D eigenvalue weighted by Crippen LogP contribution is -2.52. The van der Waals surface area contributed by atoms with Gasteiger partial charge < -0.3 is 4.74 Å². The van der Waals surface area contributed by atoms with Gasteiger partial charge in [0.2, 0.25) is 15.8 Å². The van der Waals surface area contributed by atoms with Gasteiger partial charge in [-0.25, -0.2) is 30.4 Å². The van der Waals surface area contributed by atoms with Crippen molar-refractivity contribution in [2.45, 2.75) is 50.7 Å². The summed E-state index contributed by atoms with van der Waals surface area (Å²) in [4.78, 5) is 9.92. The van der Waals surface area contributed by atoms with Gasteiger partial charge in [-0.15, -0.1) is 0 Å². The number of carbonyl (C=O) groups excluding carboxylic acids is 1. The van der Waals surface area contributed by atoms with Crippen LogP contribution >= 0.6 is 0 Å². The maximum absolute atomic E-state index is 13.7. The summed E-state index contributed by atoms with van der Waals surface area (Å²) < 4.78 is 97.6. The highest BCUT2D eigenvalue weighted by atomic mass is 32.2. The number of esters is 1. The zero-order valence-electron chi connectivity index (χ0n) is 13.9. The fourth-order valence-electron chi connectivity index (χ4n) is 1.65. The fourth-order valence-corrected chi connectivity index (χ4v) is 3.16. The molecule has 11 heteroatoms. The minimum Gasteiger partial charge on any atom is -0.459 e. The van der Waals surface area contributed by atoms with Crippen molar-refractivity contribution < 1.29 is 39.9 Å². The van der Waals surface area contributed by atoms with E-state index in [1.165, 1.54) is 20.8 Å². The number of ether oxygens (including phenoxy) is 1. The Morgan fingerprint density at radius 2 is 1.20 bits per heavy atom. The summed E-state index contributed by atoms with van der Waals surface area (Å²) in [6, 6.07) is 0. The van der Waals surface area contributed by atoms with Crippen molar-refractivity contribution in [2.24, 2.45) is 0 Å². The van der Waals surface area contributed by atoms with Crippen LogP contribution in [-0.4, -0.2) is 25.5 Å². The van der Waals surface area contributed by atoms with E-state index in [0.717, 1.165) is 13.8 Å². The van der Waals surface area contributed by atoms with E-state index in [0.29, 0.717) is 0 Å². The van der Waals surface area contributed by atoms with Crippen LogP contribution in [0.15, 0.2) is 4.90 Å².